The molecular weight excluding hydrogens is 216 g/mol. The molecule has 2 unspecified atom stereocenters. The number of carbonyl (C=O) groups is 1. The van der Waals surface area contributed by atoms with Crippen molar-refractivity contribution in [2.45, 2.75) is 25.8 Å². The highest BCUT2D eigenvalue weighted by atomic mass is 16.5. The predicted molar refractivity (Wildman–Crippen MR) is 67.1 cm³/mol. The van der Waals surface area contributed by atoms with Crippen molar-refractivity contribution in [1.82, 2.24) is 5.32 Å². The van der Waals surface area contributed by atoms with E-state index in [1.165, 1.54) is 0 Å². The third-order valence-corrected chi connectivity index (χ3v) is 3.26. The monoisotopic (exact) mass is 234 g/mol. The Kier molecular flexibility index (Phi) is 3.22. The number of ether oxygens (including phenoxy) is 1. The van der Waals surface area contributed by atoms with Crippen LogP contribution < -0.4 is 15.8 Å². The normalized spacial score (nSPS) is 22.0. The van der Waals surface area contributed by atoms with Gasteiger partial charge in [-0.1, -0.05) is 13.3 Å². The van der Waals surface area contributed by atoms with Crippen molar-refractivity contribution in [1.29, 1.82) is 0 Å². The number of benzene rings is 1. The Hall–Kier alpha value is -1.71. The number of anilines is 1. The van der Waals surface area contributed by atoms with E-state index in [-0.39, 0.29) is 5.91 Å². The smallest absolute Gasteiger partial charge is 0.251 e. The van der Waals surface area contributed by atoms with Crippen LogP contribution in [0.15, 0.2) is 18.2 Å². The molecule has 0 saturated heterocycles. The Morgan fingerprint density at radius 2 is 2.35 bits per heavy atom. The van der Waals surface area contributed by atoms with Gasteiger partial charge in [-0.3, -0.25) is 4.79 Å². The molecule has 0 spiro atoms. The average molecular weight is 234 g/mol. The lowest BCUT2D eigenvalue weighted by molar-refractivity contribution is 0.0949. The molecule has 0 aliphatic heterocycles. The van der Waals surface area contributed by atoms with Crippen LogP contribution in [0.1, 0.15) is 30.1 Å². The quantitative estimate of drug-likeness (QED) is 0.781. The Labute approximate surface area is 101 Å². The zero-order valence-corrected chi connectivity index (χ0v) is 10.2. The average Bonchev–Trinajstić information content (AvgIpc) is 3.07. The summed E-state index contributed by atoms with van der Waals surface area (Å²) < 4.78 is 5.05. The van der Waals surface area contributed by atoms with Crippen molar-refractivity contribution in [2.24, 2.45) is 5.92 Å². The number of amides is 1. The van der Waals surface area contributed by atoms with Crippen LogP contribution in [0.4, 0.5) is 5.69 Å². The van der Waals surface area contributed by atoms with E-state index in [2.05, 4.69) is 12.2 Å². The van der Waals surface area contributed by atoms with E-state index >= 15 is 0 Å². The Bertz CT molecular complexity index is 431. The maximum atomic E-state index is 11.9. The molecule has 2 rings (SSSR count). The first kappa shape index (κ1) is 11.8. The summed E-state index contributed by atoms with van der Waals surface area (Å²) in [5, 5.41) is 3.00. The lowest BCUT2D eigenvalue weighted by Crippen LogP contribution is -2.26. The summed E-state index contributed by atoms with van der Waals surface area (Å²) in [5.41, 5.74) is 6.84. The first-order chi connectivity index (χ1) is 8.15. The minimum absolute atomic E-state index is 0.0553. The fourth-order valence-corrected chi connectivity index (χ4v) is 2.00. The molecular formula is C13H18N2O2. The van der Waals surface area contributed by atoms with Crippen LogP contribution in [-0.2, 0) is 0 Å². The van der Waals surface area contributed by atoms with Crippen molar-refractivity contribution < 1.29 is 9.53 Å². The first-order valence-corrected chi connectivity index (χ1v) is 5.90. The zero-order chi connectivity index (χ0) is 12.4. The molecule has 1 saturated carbocycles. The van der Waals surface area contributed by atoms with Crippen LogP contribution in [0.25, 0.3) is 0 Å². The molecule has 1 amide bonds. The van der Waals surface area contributed by atoms with Gasteiger partial charge in [0.2, 0.25) is 0 Å². The van der Waals surface area contributed by atoms with Crippen LogP contribution in [0.5, 0.6) is 5.75 Å². The highest BCUT2D eigenvalue weighted by Crippen LogP contribution is 2.33. The number of carbonyl (C=O) groups excluding carboxylic acids is 1. The Balaban J connectivity index is 2.02. The van der Waals surface area contributed by atoms with E-state index in [4.69, 9.17) is 10.5 Å². The number of hydrogen-bond acceptors (Lipinski definition) is 3. The van der Waals surface area contributed by atoms with Gasteiger partial charge in [0, 0.05) is 11.6 Å². The summed E-state index contributed by atoms with van der Waals surface area (Å²) in [6.07, 6.45) is 2.21. The molecule has 0 aromatic heterocycles. The number of rotatable bonds is 4. The van der Waals surface area contributed by atoms with E-state index < -0.39 is 0 Å². The highest BCUT2D eigenvalue weighted by molar-refractivity contribution is 5.95. The van der Waals surface area contributed by atoms with Crippen LogP contribution in [0, 0.1) is 5.92 Å². The van der Waals surface area contributed by atoms with Crippen LogP contribution >= 0.6 is 0 Å². The summed E-state index contributed by atoms with van der Waals surface area (Å²) >= 11 is 0. The molecule has 1 aliphatic carbocycles. The first-order valence-electron chi connectivity index (χ1n) is 5.90. The SMILES string of the molecule is CCC1CC1NC(=O)c1ccc(OC)c(N)c1. The molecule has 0 heterocycles. The maximum absolute atomic E-state index is 11.9. The molecule has 1 fully saturated rings. The van der Waals surface area contributed by atoms with Gasteiger partial charge in [-0.2, -0.15) is 0 Å². The van der Waals surface area contributed by atoms with E-state index in [9.17, 15) is 4.79 Å². The number of methoxy groups -OCH3 is 1. The summed E-state index contributed by atoms with van der Waals surface area (Å²) in [6.45, 7) is 2.14. The van der Waals surface area contributed by atoms with Gasteiger partial charge in [0.1, 0.15) is 5.75 Å². The lowest BCUT2D eigenvalue weighted by atomic mass is 10.1. The van der Waals surface area contributed by atoms with Gasteiger partial charge in [-0.15, -0.1) is 0 Å². The van der Waals surface area contributed by atoms with Crippen LogP contribution in [-0.4, -0.2) is 19.1 Å². The number of nitrogens with two attached hydrogens (primary N) is 1. The van der Waals surface area contributed by atoms with E-state index in [0.29, 0.717) is 29.0 Å². The van der Waals surface area contributed by atoms with Gasteiger partial charge in [-0.25, -0.2) is 0 Å². The van der Waals surface area contributed by atoms with E-state index in [1.807, 2.05) is 0 Å². The van der Waals surface area contributed by atoms with Crippen LogP contribution in [0.2, 0.25) is 0 Å². The minimum atomic E-state index is -0.0553. The summed E-state index contributed by atoms with van der Waals surface area (Å²) in [5.74, 6) is 1.19. The second kappa shape index (κ2) is 4.65. The van der Waals surface area contributed by atoms with Crippen molar-refractivity contribution in [3.8, 4) is 5.75 Å². The van der Waals surface area contributed by atoms with Gasteiger partial charge in [-0.05, 0) is 30.5 Å². The Morgan fingerprint density at radius 1 is 1.59 bits per heavy atom. The molecule has 1 aromatic carbocycles. The van der Waals surface area contributed by atoms with Gasteiger partial charge in [0.25, 0.3) is 5.91 Å². The molecule has 1 aliphatic rings. The van der Waals surface area contributed by atoms with Gasteiger partial charge < -0.3 is 15.8 Å². The van der Waals surface area contributed by atoms with Gasteiger partial charge >= 0.3 is 0 Å². The largest absolute Gasteiger partial charge is 0.495 e. The molecule has 4 nitrogen and oxygen atoms in total. The number of hydrogen-bond donors (Lipinski definition) is 2. The summed E-state index contributed by atoms with van der Waals surface area (Å²) in [4.78, 5) is 11.9. The lowest BCUT2D eigenvalue weighted by Gasteiger charge is -2.08. The standard InChI is InChI=1S/C13H18N2O2/c1-3-8-7-11(8)15-13(16)9-4-5-12(17-2)10(14)6-9/h4-6,8,11H,3,7,14H2,1-2H3,(H,15,16). The summed E-state index contributed by atoms with van der Waals surface area (Å²) in [6, 6.07) is 5.44. The molecule has 2 atom stereocenters. The number of nitrogens with one attached hydrogen (secondary N) is 1. The molecule has 0 radical (unpaired) electrons. The van der Waals surface area contributed by atoms with Crippen LogP contribution in [0.3, 0.4) is 0 Å². The molecule has 17 heavy (non-hydrogen) atoms. The van der Waals surface area contributed by atoms with Crippen molar-refractivity contribution in [2.75, 3.05) is 12.8 Å². The third-order valence-electron chi connectivity index (χ3n) is 3.26. The summed E-state index contributed by atoms with van der Waals surface area (Å²) in [7, 11) is 1.56. The molecule has 4 heteroatoms. The Morgan fingerprint density at radius 3 is 2.88 bits per heavy atom. The van der Waals surface area contributed by atoms with Crippen molar-refractivity contribution in [3.63, 3.8) is 0 Å². The molecule has 0 bridgehead atoms. The second-order valence-electron chi connectivity index (χ2n) is 4.44. The fourth-order valence-electron chi connectivity index (χ4n) is 2.00. The predicted octanol–water partition coefficient (Wildman–Crippen LogP) is 1.81. The van der Waals surface area contributed by atoms with Crippen molar-refractivity contribution >= 4 is 11.6 Å². The maximum Gasteiger partial charge on any atom is 0.251 e. The topological polar surface area (TPSA) is 64.3 Å². The second-order valence-corrected chi connectivity index (χ2v) is 4.44. The molecule has 92 valence electrons. The van der Waals surface area contributed by atoms with Gasteiger partial charge in [0.05, 0.1) is 12.8 Å². The van der Waals surface area contributed by atoms with E-state index in [1.54, 1.807) is 25.3 Å². The highest BCUT2D eigenvalue weighted by Gasteiger charge is 2.36. The zero-order valence-electron chi connectivity index (χ0n) is 10.2. The minimum Gasteiger partial charge on any atom is -0.495 e. The molecule has 1 aromatic rings. The van der Waals surface area contributed by atoms with E-state index in [0.717, 1.165) is 12.8 Å². The molecule has 3 N–H and O–H groups in total. The third kappa shape index (κ3) is 2.52. The van der Waals surface area contributed by atoms with Crippen molar-refractivity contribution in [3.05, 3.63) is 23.8 Å². The fraction of sp³-hybridized carbons (Fsp3) is 0.462. The number of nitrogen functional groups attached to an aromatic ring is 1. The van der Waals surface area contributed by atoms with Gasteiger partial charge in [0.15, 0.2) is 0 Å².